The summed E-state index contributed by atoms with van der Waals surface area (Å²) in [7, 11) is 3.07. The number of urea groups is 1. The average molecular weight is 353 g/mol. The number of nitrogens with one attached hydrogen (secondary N) is 1. The predicted molar refractivity (Wildman–Crippen MR) is 99.3 cm³/mol. The van der Waals surface area contributed by atoms with Crippen molar-refractivity contribution in [2.75, 3.05) is 20.6 Å². The molecule has 1 N–H and O–H groups in total. The van der Waals surface area contributed by atoms with Gasteiger partial charge in [0.1, 0.15) is 0 Å². The van der Waals surface area contributed by atoms with Crippen LogP contribution in [0, 0.1) is 0 Å². The van der Waals surface area contributed by atoms with Crippen molar-refractivity contribution in [3.63, 3.8) is 0 Å². The van der Waals surface area contributed by atoms with Crippen LogP contribution in [0.3, 0.4) is 0 Å². The molecule has 2 aliphatic rings. The van der Waals surface area contributed by atoms with Gasteiger partial charge >= 0.3 is 12.0 Å². The summed E-state index contributed by atoms with van der Waals surface area (Å²) >= 11 is 0. The largest absolute Gasteiger partial charge is 0.414 e. The van der Waals surface area contributed by atoms with Crippen LogP contribution < -0.4 is 5.43 Å². The zero-order valence-electron chi connectivity index (χ0n) is 15.0. The molecule has 1 unspecified atom stereocenters. The summed E-state index contributed by atoms with van der Waals surface area (Å²) in [6.07, 6.45) is 1.68. The van der Waals surface area contributed by atoms with Crippen LogP contribution in [0.25, 0.3) is 0 Å². The molecule has 1 aromatic rings. The van der Waals surface area contributed by atoms with Crippen molar-refractivity contribution < 1.29 is 14.2 Å². The van der Waals surface area contributed by atoms with Gasteiger partial charge in [0.25, 0.3) is 5.91 Å². The van der Waals surface area contributed by atoms with Gasteiger partial charge in [0.15, 0.2) is 0 Å². The summed E-state index contributed by atoms with van der Waals surface area (Å²) in [6.45, 7) is 6.01. The number of benzene rings is 1. The average Bonchev–Trinajstić information content (AvgIpc) is 3.02. The highest BCUT2D eigenvalue weighted by Crippen LogP contribution is 2.18. The second-order valence-corrected chi connectivity index (χ2v) is 6.05. The van der Waals surface area contributed by atoms with Gasteiger partial charge in [-0.15, -0.1) is 5.10 Å². The highest BCUT2D eigenvalue weighted by atomic mass is 16.2. The molecule has 8 heteroatoms. The van der Waals surface area contributed by atoms with Gasteiger partial charge < -0.3 is 0 Å². The van der Waals surface area contributed by atoms with E-state index in [1.165, 1.54) is 11.9 Å². The van der Waals surface area contributed by atoms with Crippen molar-refractivity contribution in [2.24, 2.45) is 10.1 Å². The Hall–Kier alpha value is -3.29. The van der Waals surface area contributed by atoms with E-state index in [1.54, 1.807) is 17.7 Å². The molecular formula is C18H21N6O2+. The minimum absolute atomic E-state index is 0.325. The third kappa shape index (κ3) is 2.90. The van der Waals surface area contributed by atoms with Crippen molar-refractivity contribution >= 4 is 29.4 Å². The number of amidine groups is 1. The maximum absolute atomic E-state index is 12.6. The van der Waals surface area contributed by atoms with Crippen molar-refractivity contribution in [2.45, 2.75) is 13.0 Å². The molecule has 0 aromatic heterocycles. The number of hydrazone groups is 1. The number of hydrogen-bond donors (Lipinski definition) is 1. The van der Waals surface area contributed by atoms with E-state index in [0.717, 1.165) is 16.2 Å². The number of hydrogen-bond acceptors (Lipinski definition) is 5. The van der Waals surface area contributed by atoms with E-state index >= 15 is 0 Å². The molecule has 2 heterocycles. The van der Waals surface area contributed by atoms with Gasteiger partial charge in [-0.2, -0.15) is 5.43 Å². The Kier molecular flexibility index (Phi) is 4.66. The van der Waals surface area contributed by atoms with Gasteiger partial charge in [0, 0.05) is 14.1 Å². The van der Waals surface area contributed by atoms with Gasteiger partial charge in [0.05, 0.1) is 12.3 Å². The standard InChI is InChI=1S/C18H20N6O2/c1-5-11-24-14-15(22(3)18(26)23(4)16(14)25)19-17(24)21-20-12(2)13-9-7-6-8-10-13/h5-10,14H,1,11H2,2-4H3/p+1/b20-12+. The Bertz CT molecular complexity index is 856. The maximum atomic E-state index is 12.6. The summed E-state index contributed by atoms with van der Waals surface area (Å²) in [5, 5.41) is 4.37. The molecular weight excluding hydrogens is 332 g/mol. The van der Waals surface area contributed by atoms with Crippen LogP contribution in [0.15, 0.2) is 53.1 Å². The number of rotatable bonds is 4. The van der Waals surface area contributed by atoms with Crippen molar-refractivity contribution in [3.05, 3.63) is 48.6 Å². The Morgan fingerprint density at radius 2 is 2.00 bits per heavy atom. The first kappa shape index (κ1) is 17.5. The van der Waals surface area contributed by atoms with Gasteiger partial charge in [-0.25, -0.2) is 9.37 Å². The van der Waals surface area contributed by atoms with Crippen LogP contribution in [0.1, 0.15) is 12.5 Å². The second-order valence-electron chi connectivity index (χ2n) is 6.05. The molecule has 3 rings (SSSR count). The smallest absolute Gasteiger partial charge is 0.270 e. The highest BCUT2D eigenvalue weighted by Gasteiger charge is 2.51. The van der Waals surface area contributed by atoms with Crippen LogP contribution in [-0.2, 0) is 4.79 Å². The van der Waals surface area contributed by atoms with E-state index in [4.69, 9.17) is 0 Å². The van der Waals surface area contributed by atoms with E-state index < -0.39 is 12.1 Å². The third-order valence-electron chi connectivity index (χ3n) is 4.37. The van der Waals surface area contributed by atoms with Crippen LogP contribution >= 0.6 is 0 Å². The number of amides is 3. The Morgan fingerprint density at radius 1 is 1.31 bits per heavy atom. The van der Waals surface area contributed by atoms with Crippen LogP contribution in [0.2, 0.25) is 0 Å². The minimum atomic E-state index is -0.671. The van der Waals surface area contributed by atoms with Crippen molar-refractivity contribution in [3.8, 4) is 0 Å². The van der Waals surface area contributed by atoms with Gasteiger partial charge in [-0.1, -0.05) is 48.0 Å². The third-order valence-corrected chi connectivity index (χ3v) is 4.37. The van der Waals surface area contributed by atoms with Gasteiger partial charge in [-0.3, -0.25) is 14.6 Å². The van der Waals surface area contributed by atoms with Gasteiger partial charge in [0.2, 0.25) is 11.9 Å². The van der Waals surface area contributed by atoms with Crippen molar-refractivity contribution in [1.82, 2.24) is 15.2 Å². The normalized spacial score (nSPS) is 20.3. The van der Waals surface area contributed by atoms with E-state index in [0.29, 0.717) is 18.3 Å². The first-order chi connectivity index (χ1) is 12.5. The number of guanidine groups is 1. The molecule has 2 aliphatic heterocycles. The molecule has 0 bridgehead atoms. The number of likely N-dealkylation sites (N-methyl/N-ethyl adjacent to an activating group) is 2. The maximum Gasteiger partial charge on any atom is 0.414 e. The Morgan fingerprint density at radius 3 is 2.65 bits per heavy atom. The molecule has 0 radical (unpaired) electrons. The highest BCUT2D eigenvalue weighted by molar-refractivity contribution is 6.22. The fraction of sp³-hybridized carbons (Fsp3) is 0.278. The topological polar surface area (TPSA) is 80.4 Å². The molecule has 1 aromatic carbocycles. The molecule has 8 nitrogen and oxygen atoms in total. The summed E-state index contributed by atoms with van der Waals surface area (Å²) in [6, 6.07) is 8.64. The fourth-order valence-corrected chi connectivity index (χ4v) is 2.90. The minimum Gasteiger partial charge on any atom is -0.270 e. The number of nitrogens with zero attached hydrogens (tertiary/aromatic N) is 5. The lowest BCUT2D eigenvalue weighted by atomic mass is 10.1. The van der Waals surface area contributed by atoms with E-state index in [-0.39, 0.29) is 5.91 Å². The van der Waals surface area contributed by atoms with E-state index in [1.807, 2.05) is 37.3 Å². The number of carbonyl (C=O) groups is 2. The molecule has 26 heavy (non-hydrogen) atoms. The molecule has 0 aliphatic carbocycles. The monoisotopic (exact) mass is 353 g/mol. The van der Waals surface area contributed by atoms with E-state index in [2.05, 4.69) is 22.1 Å². The zero-order chi connectivity index (χ0) is 18.8. The van der Waals surface area contributed by atoms with Crippen molar-refractivity contribution in [1.29, 1.82) is 0 Å². The molecule has 0 spiro atoms. The summed E-state index contributed by atoms with van der Waals surface area (Å²) in [4.78, 5) is 31.7. The molecule has 1 fully saturated rings. The lowest BCUT2D eigenvalue weighted by molar-refractivity contribution is -0.527. The molecule has 0 saturated carbocycles. The van der Waals surface area contributed by atoms with Crippen LogP contribution in [-0.4, -0.2) is 70.5 Å². The molecule has 3 amide bonds. The lowest BCUT2D eigenvalue weighted by Crippen LogP contribution is -2.61. The Labute approximate surface area is 151 Å². The van der Waals surface area contributed by atoms with Gasteiger partial charge in [-0.05, 0) is 12.5 Å². The fourth-order valence-electron chi connectivity index (χ4n) is 2.90. The second kappa shape index (κ2) is 6.91. The number of imide groups is 1. The quantitative estimate of drug-likeness (QED) is 0.377. The molecule has 1 atom stereocenters. The van der Waals surface area contributed by atoms with E-state index in [9.17, 15) is 9.59 Å². The number of fused-ring (bicyclic) bond motifs is 1. The SMILES string of the molecule is C=CC[N+]1=C(N/N=C(\C)c2ccccc2)N=C2C1C(=O)N(C)C(=O)N2C. The van der Waals surface area contributed by atoms with Crippen LogP contribution in [0.4, 0.5) is 4.79 Å². The lowest BCUT2D eigenvalue weighted by Gasteiger charge is -2.31. The Balaban J connectivity index is 1.94. The summed E-state index contributed by atoms with van der Waals surface area (Å²) in [5.74, 6) is 0.466. The molecule has 1 saturated heterocycles. The first-order valence-electron chi connectivity index (χ1n) is 8.19. The van der Waals surface area contributed by atoms with Crippen LogP contribution in [0.5, 0.6) is 0 Å². The first-order valence-corrected chi connectivity index (χ1v) is 8.19. The number of carbonyl (C=O) groups excluding carboxylic acids is 2. The summed E-state index contributed by atoms with van der Waals surface area (Å²) in [5.41, 5.74) is 4.68. The predicted octanol–water partition coefficient (Wildman–Crippen LogP) is 0.859. The summed E-state index contributed by atoms with van der Waals surface area (Å²) < 4.78 is 1.74. The molecule has 134 valence electrons. The number of aliphatic imine (C=N–C) groups is 1. The zero-order valence-corrected chi connectivity index (χ0v) is 15.0.